The number of hydrogen-bond acceptors (Lipinski definition) is 3. The zero-order chi connectivity index (χ0) is 9.82. The van der Waals surface area contributed by atoms with Crippen LogP contribution in [-0.2, 0) is 9.53 Å². The van der Waals surface area contributed by atoms with Gasteiger partial charge in [-0.3, -0.25) is 0 Å². The lowest BCUT2D eigenvalue weighted by atomic mass is 10.5. The minimum Gasteiger partial charge on any atom is -0.462 e. The predicted octanol–water partition coefficient (Wildman–Crippen LogP) is 1.29. The molecule has 0 aromatic heterocycles. The molecule has 0 saturated heterocycles. The van der Waals surface area contributed by atoms with Gasteiger partial charge in [0, 0.05) is 19.1 Å². The standard InChI is InChI=1S/C6H10O3.C3H6/c1-2-6(8)9-5-3-4-7;1-3-2/h2,7H,1,3-5H2;3H,1H2,2H3. The van der Waals surface area contributed by atoms with E-state index in [4.69, 9.17) is 5.11 Å². The van der Waals surface area contributed by atoms with Gasteiger partial charge >= 0.3 is 5.97 Å². The van der Waals surface area contributed by atoms with Gasteiger partial charge in [0.1, 0.15) is 0 Å². The highest BCUT2D eigenvalue weighted by Crippen LogP contribution is 1.82. The molecule has 3 nitrogen and oxygen atoms in total. The van der Waals surface area contributed by atoms with Crippen LogP contribution in [0.25, 0.3) is 0 Å². The lowest BCUT2D eigenvalue weighted by Crippen LogP contribution is -2.02. The molecule has 0 aliphatic rings. The molecule has 0 aliphatic heterocycles. The highest BCUT2D eigenvalue weighted by Gasteiger charge is 1.91. The first-order valence-corrected chi connectivity index (χ1v) is 3.70. The lowest BCUT2D eigenvalue weighted by Gasteiger charge is -1.96. The number of esters is 1. The second-order valence-corrected chi connectivity index (χ2v) is 1.86. The van der Waals surface area contributed by atoms with Gasteiger partial charge in [-0.05, 0) is 6.92 Å². The van der Waals surface area contributed by atoms with Crippen LogP contribution in [0.1, 0.15) is 13.3 Å². The highest BCUT2D eigenvalue weighted by atomic mass is 16.5. The van der Waals surface area contributed by atoms with Gasteiger partial charge in [0.2, 0.25) is 0 Å². The van der Waals surface area contributed by atoms with Gasteiger partial charge in [-0.25, -0.2) is 4.79 Å². The fraction of sp³-hybridized carbons (Fsp3) is 0.444. The van der Waals surface area contributed by atoms with Gasteiger partial charge in [0.15, 0.2) is 0 Å². The van der Waals surface area contributed by atoms with Crippen molar-refractivity contribution in [2.75, 3.05) is 13.2 Å². The fourth-order valence-corrected chi connectivity index (χ4v) is 0.296. The number of hydrogen-bond donors (Lipinski definition) is 1. The van der Waals surface area contributed by atoms with E-state index in [0.29, 0.717) is 6.42 Å². The number of aliphatic hydroxyl groups is 1. The van der Waals surface area contributed by atoms with Gasteiger partial charge in [0.25, 0.3) is 0 Å². The van der Waals surface area contributed by atoms with Crippen molar-refractivity contribution in [2.24, 2.45) is 0 Å². The van der Waals surface area contributed by atoms with E-state index >= 15 is 0 Å². The molecule has 0 heterocycles. The molecular formula is C9H16O3. The summed E-state index contributed by atoms with van der Waals surface area (Å²) in [6.07, 6.45) is 3.33. The van der Waals surface area contributed by atoms with E-state index in [2.05, 4.69) is 17.9 Å². The summed E-state index contributed by atoms with van der Waals surface area (Å²) in [5.74, 6) is -0.441. The number of aliphatic hydroxyl groups excluding tert-OH is 1. The van der Waals surface area contributed by atoms with Crippen LogP contribution in [0.3, 0.4) is 0 Å². The molecule has 0 radical (unpaired) electrons. The van der Waals surface area contributed by atoms with E-state index in [1.807, 2.05) is 6.92 Å². The van der Waals surface area contributed by atoms with Crippen LogP contribution >= 0.6 is 0 Å². The maximum atomic E-state index is 10.3. The molecule has 0 aliphatic carbocycles. The molecular weight excluding hydrogens is 156 g/mol. The second-order valence-electron chi connectivity index (χ2n) is 1.86. The molecule has 0 aromatic rings. The number of allylic oxidation sites excluding steroid dienone is 1. The van der Waals surface area contributed by atoms with Crippen LogP contribution in [0.5, 0.6) is 0 Å². The molecule has 70 valence electrons. The topological polar surface area (TPSA) is 46.5 Å². The van der Waals surface area contributed by atoms with Crippen molar-refractivity contribution in [1.29, 1.82) is 0 Å². The zero-order valence-corrected chi connectivity index (χ0v) is 7.45. The Morgan fingerprint density at radius 2 is 2.08 bits per heavy atom. The summed E-state index contributed by atoms with van der Waals surface area (Å²) in [4.78, 5) is 10.3. The summed E-state index contributed by atoms with van der Waals surface area (Å²) in [7, 11) is 0. The Morgan fingerprint density at radius 1 is 1.58 bits per heavy atom. The normalized spacial score (nSPS) is 7.50. The molecule has 0 bridgehead atoms. The molecule has 12 heavy (non-hydrogen) atoms. The molecule has 3 heteroatoms. The third-order valence-corrected chi connectivity index (χ3v) is 0.713. The van der Waals surface area contributed by atoms with Crippen LogP contribution in [0.2, 0.25) is 0 Å². The third-order valence-electron chi connectivity index (χ3n) is 0.713. The van der Waals surface area contributed by atoms with Crippen molar-refractivity contribution < 1.29 is 14.6 Å². The van der Waals surface area contributed by atoms with Gasteiger partial charge < -0.3 is 9.84 Å². The van der Waals surface area contributed by atoms with E-state index in [0.717, 1.165) is 6.08 Å². The molecule has 0 atom stereocenters. The van der Waals surface area contributed by atoms with E-state index in [-0.39, 0.29) is 13.2 Å². The van der Waals surface area contributed by atoms with Crippen LogP contribution < -0.4 is 0 Å². The van der Waals surface area contributed by atoms with Crippen LogP contribution in [0, 0.1) is 0 Å². The van der Waals surface area contributed by atoms with Crippen molar-refractivity contribution in [3.05, 3.63) is 25.3 Å². The predicted molar refractivity (Wildman–Crippen MR) is 48.7 cm³/mol. The fourth-order valence-electron chi connectivity index (χ4n) is 0.296. The SMILES string of the molecule is C=CC.C=CC(=O)OCCCO. The second kappa shape index (κ2) is 12.6. The van der Waals surface area contributed by atoms with E-state index < -0.39 is 5.97 Å². The summed E-state index contributed by atoms with van der Waals surface area (Å²) in [6.45, 7) is 8.76. The minimum atomic E-state index is -0.441. The first-order valence-electron chi connectivity index (χ1n) is 3.70. The van der Waals surface area contributed by atoms with Crippen LogP contribution in [-0.4, -0.2) is 24.3 Å². The number of rotatable bonds is 4. The van der Waals surface area contributed by atoms with E-state index in [1.54, 1.807) is 6.08 Å². The maximum absolute atomic E-state index is 10.3. The molecule has 1 N–H and O–H groups in total. The lowest BCUT2D eigenvalue weighted by molar-refractivity contribution is -0.137. The summed E-state index contributed by atoms with van der Waals surface area (Å²) in [6, 6.07) is 0. The van der Waals surface area contributed by atoms with Gasteiger partial charge in [-0.15, -0.1) is 6.58 Å². The quantitative estimate of drug-likeness (QED) is 0.301. The van der Waals surface area contributed by atoms with E-state index in [1.165, 1.54) is 0 Å². The Bertz CT molecular complexity index is 130. The smallest absolute Gasteiger partial charge is 0.330 e. The molecule has 0 fully saturated rings. The number of carbonyl (C=O) groups excluding carboxylic acids is 1. The maximum Gasteiger partial charge on any atom is 0.330 e. The van der Waals surface area contributed by atoms with Crippen LogP contribution in [0.15, 0.2) is 25.3 Å². The zero-order valence-electron chi connectivity index (χ0n) is 7.45. The molecule has 0 aromatic carbocycles. The first-order chi connectivity index (χ1) is 5.72. The molecule has 0 saturated carbocycles. The Labute approximate surface area is 73.4 Å². The highest BCUT2D eigenvalue weighted by molar-refractivity contribution is 5.81. The summed E-state index contributed by atoms with van der Waals surface area (Å²) >= 11 is 0. The Hall–Kier alpha value is -1.09. The molecule has 0 unspecified atom stereocenters. The van der Waals surface area contributed by atoms with Crippen molar-refractivity contribution in [3.63, 3.8) is 0 Å². The minimum absolute atomic E-state index is 0.0461. The van der Waals surface area contributed by atoms with Gasteiger partial charge in [0.05, 0.1) is 6.61 Å². The Balaban J connectivity index is 0. The number of ether oxygens (including phenoxy) is 1. The molecule has 0 spiro atoms. The van der Waals surface area contributed by atoms with Crippen molar-refractivity contribution in [2.45, 2.75) is 13.3 Å². The van der Waals surface area contributed by atoms with Crippen molar-refractivity contribution in [3.8, 4) is 0 Å². The number of carbonyl (C=O) groups is 1. The largest absolute Gasteiger partial charge is 0.462 e. The average Bonchev–Trinajstić information content (AvgIpc) is 2.06. The summed E-state index contributed by atoms with van der Waals surface area (Å²) in [5.41, 5.74) is 0. The Kier molecular flexibility index (Phi) is 14.1. The van der Waals surface area contributed by atoms with Crippen molar-refractivity contribution in [1.82, 2.24) is 0 Å². The summed E-state index contributed by atoms with van der Waals surface area (Å²) in [5, 5.41) is 8.23. The summed E-state index contributed by atoms with van der Waals surface area (Å²) < 4.78 is 4.51. The molecule has 0 amide bonds. The first kappa shape index (κ1) is 13.5. The third kappa shape index (κ3) is 16.0. The monoisotopic (exact) mass is 172 g/mol. The average molecular weight is 172 g/mol. The van der Waals surface area contributed by atoms with E-state index in [9.17, 15) is 4.79 Å². The van der Waals surface area contributed by atoms with Gasteiger partial charge in [-0.2, -0.15) is 0 Å². The van der Waals surface area contributed by atoms with Gasteiger partial charge in [-0.1, -0.05) is 12.7 Å². The Morgan fingerprint density at radius 3 is 2.42 bits per heavy atom. The van der Waals surface area contributed by atoms with Crippen molar-refractivity contribution >= 4 is 5.97 Å². The van der Waals surface area contributed by atoms with Crippen LogP contribution in [0.4, 0.5) is 0 Å². The molecule has 0 rings (SSSR count).